The maximum Gasteiger partial charge on any atom is 0.330 e. The maximum atomic E-state index is 10.7. The van der Waals surface area contributed by atoms with Gasteiger partial charge in [0, 0.05) is 6.08 Å². The zero-order chi connectivity index (χ0) is 23.3. The van der Waals surface area contributed by atoms with E-state index in [9.17, 15) is 4.79 Å². The first-order valence-corrected chi connectivity index (χ1v) is 13.6. The van der Waals surface area contributed by atoms with Gasteiger partial charge < -0.3 is 4.74 Å². The first-order valence-electron chi connectivity index (χ1n) is 13.6. The van der Waals surface area contributed by atoms with Gasteiger partial charge in [0.1, 0.15) is 0 Å². The number of carbonyl (C=O) groups excluding carboxylic acids is 1. The first-order chi connectivity index (χ1) is 15.2. The zero-order valence-electron chi connectivity index (χ0n) is 21.4. The molecule has 0 unspecified atom stereocenters. The predicted octanol–water partition coefficient (Wildman–Crippen LogP) is 10.1. The molecule has 0 atom stereocenters. The van der Waals surface area contributed by atoms with Crippen molar-refractivity contribution in [2.75, 3.05) is 6.61 Å². The summed E-state index contributed by atoms with van der Waals surface area (Å²) in [7, 11) is 0. The van der Waals surface area contributed by atoms with Crippen LogP contribution in [-0.2, 0) is 9.53 Å². The summed E-state index contributed by atoms with van der Waals surface area (Å²) in [6, 6.07) is 0. The van der Waals surface area contributed by atoms with E-state index >= 15 is 0 Å². The van der Waals surface area contributed by atoms with Crippen LogP contribution in [0.3, 0.4) is 0 Å². The van der Waals surface area contributed by atoms with Crippen LogP contribution in [0.25, 0.3) is 0 Å². The van der Waals surface area contributed by atoms with Crippen molar-refractivity contribution in [1.82, 2.24) is 0 Å². The number of unbranched alkanes of at least 4 members (excludes halogenated alkanes) is 19. The standard InChI is InChI=1S/C15H28O2.C14H28/c1-3-5-6-7-8-9-10-11-12-13-14-17-15(16)4-2;1-3-5-7-9-11-13-14-12-10-8-6-4-2/h4H,2-3,5-14H2,1H3;3H,1,4-14H2,2H3. The molecule has 31 heavy (non-hydrogen) atoms. The molecule has 0 spiro atoms. The lowest BCUT2D eigenvalue weighted by Crippen LogP contribution is -2.01. The number of esters is 1. The third-order valence-corrected chi connectivity index (χ3v) is 5.67. The largest absolute Gasteiger partial charge is 0.463 e. The second-order valence-electron chi connectivity index (χ2n) is 8.81. The summed E-state index contributed by atoms with van der Waals surface area (Å²) in [4.78, 5) is 10.7. The van der Waals surface area contributed by atoms with Gasteiger partial charge in [-0.2, -0.15) is 0 Å². The Hall–Kier alpha value is -1.05. The molecule has 0 heterocycles. The quantitative estimate of drug-likeness (QED) is 0.0689. The van der Waals surface area contributed by atoms with Crippen molar-refractivity contribution in [2.24, 2.45) is 0 Å². The van der Waals surface area contributed by atoms with E-state index in [1.54, 1.807) is 0 Å². The highest BCUT2D eigenvalue weighted by atomic mass is 16.5. The minimum Gasteiger partial charge on any atom is -0.463 e. The fourth-order valence-corrected chi connectivity index (χ4v) is 3.60. The molecule has 0 saturated heterocycles. The van der Waals surface area contributed by atoms with Crippen LogP contribution in [0.4, 0.5) is 0 Å². The van der Waals surface area contributed by atoms with E-state index in [0.717, 1.165) is 6.42 Å². The average molecular weight is 437 g/mol. The number of hydrogen-bond donors (Lipinski definition) is 0. The molecule has 0 amide bonds. The van der Waals surface area contributed by atoms with Gasteiger partial charge in [-0.15, -0.1) is 6.58 Å². The van der Waals surface area contributed by atoms with Crippen LogP contribution in [-0.4, -0.2) is 12.6 Å². The highest BCUT2D eigenvalue weighted by molar-refractivity contribution is 5.81. The Morgan fingerprint density at radius 2 is 0.935 bits per heavy atom. The summed E-state index contributed by atoms with van der Waals surface area (Å²) in [6.45, 7) is 12.2. The number of ether oxygens (including phenoxy) is 1. The van der Waals surface area contributed by atoms with Gasteiger partial charge in [0.15, 0.2) is 0 Å². The van der Waals surface area contributed by atoms with Gasteiger partial charge in [0.05, 0.1) is 6.61 Å². The molecule has 0 aromatic carbocycles. The summed E-state index contributed by atoms with van der Waals surface area (Å²) in [5.41, 5.74) is 0. The summed E-state index contributed by atoms with van der Waals surface area (Å²) in [5.74, 6) is -0.305. The molecule has 0 aliphatic rings. The fraction of sp³-hybridized carbons (Fsp3) is 0.828. The van der Waals surface area contributed by atoms with Crippen molar-refractivity contribution in [3.05, 3.63) is 25.3 Å². The van der Waals surface area contributed by atoms with Crippen molar-refractivity contribution in [3.8, 4) is 0 Å². The van der Waals surface area contributed by atoms with Crippen LogP contribution in [0, 0.1) is 0 Å². The Morgan fingerprint density at radius 1 is 0.581 bits per heavy atom. The molecule has 0 bridgehead atoms. The topological polar surface area (TPSA) is 26.3 Å². The summed E-state index contributed by atoms with van der Waals surface area (Å²) in [6.07, 6.45) is 31.7. The van der Waals surface area contributed by atoms with E-state index in [2.05, 4.69) is 27.0 Å². The minimum absolute atomic E-state index is 0.305. The SMILES string of the molecule is C=CC(=O)OCCCCCCCCCCCC.C=CCCCCCCCCCCCC. The number of allylic oxidation sites excluding steroid dienone is 1. The monoisotopic (exact) mass is 436 g/mol. The van der Waals surface area contributed by atoms with Crippen LogP contribution in [0.5, 0.6) is 0 Å². The lowest BCUT2D eigenvalue weighted by molar-refractivity contribution is -0.137. The van der Waals surface area contributed by atoms with Gasteiger partial charge in [0.2, 0.25) is 0 Å². The highest BCUT2D eigenvalue weighted by Crippen LogP contribution is 2.11. The molecule has 0 aliphatic carbocycles. The molecule has 184 valence electrons. The van der Waals surface area contributed by atoms with Crippen molar-refractivity contribution >= 4 is 5.97 Å². The van der Waals surface area contributed by atoms with Crippen LogP contribution in [0.1, 0.15) is 149 Å². The zero-order valence-corrected chi connectivity index (χ0v) is 21.4. The Morgan fingerprint density at radius 3 is 1.29 bits per heavy atom. The van der Waals surface area contributed by atoms with E-state index in [4.69, 9.17) is 4.74 Å². The van der Waals surface area contributed by atoms with Gasteiger partial charge in [-0.05, 0) is 19.3 Å². The third-order valence-electron chi connectivity index (χ3n) is 5.67. The maximum absolute atomic E-state index is 10.7. The normalized spacial score (nSPS) is 10.3. The summed E-state index contributed by atoms with van der Waals surface area (Å²) < 4.78 is 4.91. The van der Waals surface area contributed by atoms with Crippen molar-refractivity contribution in [1.29, 1.82) is 0 Å². The Balaban J connectivity index is 0. The molecule has 0 aromatic rings. The van der Waals surface area contributed by atoms with E-state index in [-0.39, 0.29) is 5.97 Å². The van der Waals surface area contributed by atoms with Gasteiger partial charge in [-0.3, -0.25) is 0 Å². The Kier molecular flexibility index (Phi) is 32.3. The smallest absolute Gasteiger partial charge is 0.330 e. The van der Waals surface area contributed by atoms with Gasteiger partial charge in [0.25, 0.3) is 0 Å². The molecule has 0 rings (SSSR count). The molecule has 0 aliphatic heterocycles. The van der Waals surface area contributed by atoms with Crippen LogP contribution in [0.15, 0.2) is 25.3 Å². The van der Waals surface area contributed by atoms with E-state index in [0.29, 0.717) is 6.61 Å². The third kappa shape index (κ3) is 33.8. The summed E-state index contributed by atoms with van der Waals surface area (Å²) >= 11 is 0. The van der Waals surface area contributed by atoms with Crippen LogP contribution < -0.4 is 0 Å². The Labute approximate surface area is 196 Å². The van der Waals surface area contributed by atoms with E-state index in [1.807, 2.05) is 6.08 Å². The van der Waals surface area contributed by atoms with Crippen molar-refractivity contribution in [3.63, 3.8) is 0 Å². The van der Waals surface area contributed by atoms with Crippen LogP contribution >= 0.6 is 0 Å². The fourth-order valence-electron chi connectivity index (χ4n) is 3.60. The first kappa shape index (κ1) is 32.1. The molecular weight excluding hydrogens is 380 g/mol. The number of carbonyl (C=O) groups is 1. The number of rotatable bonds is 23. The molecule has 0 radical (unpaired) electrons. The minimum atomic E-state index is -0.305. The van der Waals surface area contributed by atoms with Gasteiger partial charge in [-0.1, -0.05) is 142 Å². The molecule has 2 nitrogen and oxygen atoms in total. The van der Waals surface area contributed by atoms with E-state index < -0.39 is 0 Å². The van der Waals surface area contributed by atoms with E-state index in [1.165, 1.54) is 134 Å². The lowest BCUT2D eigenvalue weighted by Gasteiger charge is -2.03. The highest BCUT2D eigenvalue weighted by Gasteiger charge is 1.96. The molecular formula is C29H56O2. The molecule has 0 N–H and O–H groups in total. The Bertz CT molecular complexity index is 362. The van der Waals surface area contributed by atoms with Crippen molar-refractivity contribution in [2.45, 2.75) is 149 Å². The van der Waals surface area contributed by atoms with Gasteiger partial charge in [-0.25, -0.2) is 4.79 Å². The number of hydrogen-bond acceptors (Lipinski definition) is 2. The van der Waals surface area contributed by atoms with Gasteiger partial charge >= 0.3 is 5.97 Å². The molecule has 0 saturated carbocycles. The average Bonchev–Trinajstić information content (AvgIpc) is 2.79. The molecule has 2 heteroatoms. The summed E-state index contributed by atoms with van der Waals surface area (Å²) in [5, 5.41) is 0. The van der Waals surface area contributed by atoms with Crippen molar-refractivity contribution < 1.29 is 9.53 Å². The predicted molar refractivity (Wildman–Crippen MR) is 140 cm³/mol. The molecule has 0 fully saturated rings. The second kappa shape index (κ2) is 31.1. The second-order valence-corrected chi connectivity index (χ2v) is 8.81. The molecule has 0 aromatic heterocycles. The lowest BCUT2D eigenvalue weighted by atomic mass is 10.1. The van der Waals surface area contributed by atoms with Crippen LogP contribution in [0.2, 0.25) is 0 Å².